The summed E-state index contributed by atoms with van der Waals surface area (Å²) in [5, 5.41) is 2.97. The number of rotatable bonds is 8. The fourth-order valence-electron chi connectivity index (χ4n) is 5.39. The lowest BCUT2D eigenvalue weighted by atomic mass is 9.93. The van der Waals surface area contributed by atoms with Gasteiger partial charge in [0, 0.05) is 37.9 Å². The third kappa shape index (κ3) is 6.20. The Bertz CT molecular complexity index is 1290. The largest absolute Gasteiger partial charge is 0.375 e. The van der Waals surface area contributed by atoms with Crippen LogP contribution in [0.4, 0.5) is 23.1 Å². The van der Waals surface area contributed by atoms with E-state index in [1.807, 2.05) is 20.8 Å². The first-order valence-electron chi connectivity index (χ1n) is 13.6. The molecule has 1 atom stereocenters. The summed E-state index contributed by atoms with van der Waals surface area (Å²) in [6.45, 7) is 9.41. The lowest BCUT2D eigenvalue weighted by Crippen LogP contribution is -2.42. The second-order valence-corrected chi connectivity index (χ2v) is 12.8. The van der Waals surface area contributed by atoms with Crippen molar-refractivity contribution < 1.29 is 17.9 Å². The molecule has 2 saturated heterocycles. The summed E-state index contributed by atoms with van der Waals surface area (Å²) in [5.74, 6) is 0.774. The maximum atomic E-state index is 13.6. The Morgan fingerprint density at radius 2 is 1.87 bits per heavy atom. The molecule has 1 aromatic carbocycles. The van der Waals surface area contributed by atoms with Gasteiger partial charge in [0.25, 0.3) is 5.91 Å². The molecule has 0 unspecified atom stereocenters. The number of aromatic nitrogens is 2. The van der Waals surface area contributed by atoms with Gasteiger partial charge in [-0.2, -0.15) is 4.98 Å². The molecule has 0 bridgehead atoms. The van der Waals surface area contributed by atoms with Crippen LogP contribution in [-0.2, 0) is 14.8 Å². The number of carbonyl (C=O) groups is 1. The lowest BCUT2D eigenvalue weighted by molar-refractivity contribution is 0.0526. The van der Waals surface area contributed by atoms with Crippen LogP contribution in [0.3, 0.4) is 0 Å². The Morgan fingerprint density at radius 1 is 1.11 bits per heavy atom. The molecular weight excluding hydrogens is 504 g/mol. The van der Waals surface area contributed by atoms with Gasteiger partial charge in [-0.3, -0.25) is 9.52 Å². The molecule has 3 aliphatic rings. The van der Waals surface area contributed by atoms with Crippen LogP contribution in [0.25, 0.3) is 0 Å². The number of nitrogens with zero attached hydrogens (tertiary/aromatic N) is 4. The van der Waals surface area contributed by atoms with Crippen molar-refractivity contribution in [2.45, 2.75) is 59.0 Å². The second kappa shape index (κ2) is 10.7. The number of ether oxygens (including phenoxy) is 1. The van der Waals surface area contributed by atoms with E-state index in [-0.39, 0.29) is 17.8 Å². The zero-order chi connectivity index (χ0) is 26.9. The number of morpholine rings is 1. The zero-order valence-corrected chi connectivity index (χ0v) is 23.3. The summed E-state index contributed by atoms with van der Waals surface area (Å²) in [6, 6.07) is 6.91. The Labute approximate surface area is 225 Å². The van der Waals surface area contributed by atoms with Crippen molar-refractivity contribution in [3.63, 3.8) is 0 Å². The number of hydrogen-bond acceptors (Lipinski definition) is 8. The standard InChI is InChI=1S/C27H38N6O4S/c1-4-15-38(35,36)31-21-5-6-22(23(17-21)32-11-9-27(7-8-27)10-12-32)25(34)29-24-16-19(2)28-26(30-24)33-13-14-37-20(3)18-33/h5-6,16-17,20,31H,4,7-15,18H2,1-3H3,(H,28,29,30,34)/t20-/m1/s1. The van der Waals surface area contributed by atoms with E-state index in [1.54, 1.807) is 24.3 Å². The highest BCUT2D eigenvalue weighted by molar-refractivity contribution is 7.92. The van der Waals surface area contributed by atoms with Gasteiger partial charge in [-0.1, -0.05) is 6.92 Å². The van der Waals surface area contributed by atoms with Crippen molar-refractivity contribution in [1.29, 1.82) is 0 Å². The van der Waals surface area contributed by atoms with Gasteiger partial charge in [-0.25, -0.2) is 13.4 Å². The zero-order valence-electron chi connectivity index (χ0n) is 22.5. The molecule has 1 amide bonds. The summed E-state index contributed by atoms with van der Waals surface area (Å²) in [4.78, 5) is 27.1. The highest BCUT2D eigenvalue weighted by Crippen LogP contribution is 2.54. The van der Waals surface area contributed by atoms with Gasteiger partial charge in [-0.15, -0.1) is 0 Å². The van der Waals surface area contributed by atoms with Crippen LogP contribution in [0.1, 0.15) is 62.0 Å². The van der Waals surface area contributed by atoms with Gasteiger partial charge in [0.2, 0.25) is 16.0 Å². The normalized spacial score (nSPS) is 20.9. The molecule has 2 N–H and O–H groups in total. The molecule has 3 heterocycles. The average Bonchev–Trinajstić information content (AvgIpc) is 3.62. The molecule has 10 nitrogen and oxygen atoms in total. The summed E-state index contributed by atoms with van der Waals surface area (Å²) >= 11 is 0. The van der Waals surface area contributed by atoms with E-state index in [4.69, 9.17) is 4.74 Å². The van der Waals surface area contributed by atoms with Crippen molar-refractivity contribution >= 4 is 39.1 Å². The van der Waals surface area contributed by atoms with E-state index in [2.05, 4.69) is 29.8 Å². The molecule has 38 heavy (non-hydrogen) atoms. The molecular formula is C27H38N6O4S. The fourth-order valence-corrected chi connectivity index (χ4v) is 6.51. The molecule has 1 aromatic heterocycles. The third-order valence-electron chi connectivity index (χ3n) is 7.72. The third-order valence-corrected chi connectivity index (χ3v) is 9.21. The van der Waals surface area contributed by atoms with Crippen molar-refractivity contribution in [2.24, 2.45) is 5.41 Å². The number of piperidine rings is 1. The van der Waals surface area contributed by atoms with Gasteiger partial charge in [0.15, 0.2) is 0 Å². The minimum atomic E-state index is -3.45. The predicted molar refractivity (Wildman–Crippen MR) is 150 cm³/mol. The monoisotopic (exact) mass is 542 g/mol. The van der Waals surface area contributed by atoms with Crippen molar-refractivity contribution in [3.05, 3.63) is 35.5 Å². The Hall–Kier alpha value is -2.92. The number of benzene rings is 1. The summed E-state index contributed by atoms with van der Waals surface area (Å²) in [5.41, 5.74) is 2.94. The molecule has 206 valence electrons. The first-order valence-corrected chi connectivity index (χ1v) is 15.2. The lowest BCUT2D eigenvalue weighted by Gasteiger charge is -2.35. The average molecular weight is 543 g/mol. The number of anilines is 4. The number of carbonyl (C=O) groups excluding carboxylic acids is 1. The van der Waals surface area contributed by atoms with Crippen LogP contribution in [0.2, 0.25) is 0 Å². The van der Waals surface area contributed by atoms with Crippen LogP contribution in [0.15, 0.2) is 24.3 Å². The van der Waals surface area contributed by atoms with E-state index >= 15 is 0 Å². The van der Waals surface area contributed by atoms with Crippen LogP contribution in [0.5, 0.6) is 0 Å². The fraction of sp³-hybridized carbons (Fsp3) is 0.593. The molecule has 1 saturated carbocycles. The van der Waals surface area contributed by atoms with Gasteiger partial charge < -0.3 is 19.9 Å². The number of aryl methyl sites for hydroxylation is 1. The van der Waals surface area contributed by atoms with Crippen LogP contribution in [0, 0.1) is 12.3 Å². The maximum absolute atomic E-state index is 13.6. The second-order valence-electron chi connectivity index (χ2n) is 10.9. The summed E-state index contributed by atoms with van der Waals surface area (Å²) < 4.78 is 33.2. The highest BCUT2D eigenvalue weighted by atomic mass is 32.2. The van der Waals surface area contributed by atoms with Crippen LogP contribution in [-0.4, -0.2) is 68.9 Å². The number of amides is 1. The number of hydrogen-bond donors (Lipinski definition) is 2. The number of sulfonamides is 1. The molecule has 2 aliphatic heterocycles. The Balaban J connectivity index is 1.40. The van der Waals surface area contributed by atoms with Crippen LogP contribution >= 0.6 is 0 Å². The van der Waals surface area contributed by atoms with Gasteiger partial charge >= 0.3 is 0 Å². The smallest absolute Gasteiger partial charge is 0.258 e. The first kappa shape index (κ1) is 26.7. The molecule has 2 aromatic rings. The van der Waals surface area contributed by atoms with E-state index in [0.717, 1.165) is 37.3 Å². The summed E-state index contributed by atoms with van der Waals surface area (Å²) in [7, 11) is -3.45. The molecule has 11 heteroatoms. The highest BCUT2D eigenvalue weighted by Gasteiger charge is 2.44. The van der Waals surface area contributed by atoms with Crippen LogP contribution < -0.4 is 19.8 Å². The SMILES string of the molecule is CCCS(=O)(=O)Nc1ccc(C(=O)Nc2cc(C)nc(N3CCO[C@H](C)C3)n2)c(N2CCC3(CC2)CC3)c1. The molecule has 5 rings (SSSR count). The van der Waals surface area contributed by atoms with Gasteiger partial charge in [-0.05, 0) is 69.6 Å². The van der Waals surface area contributed by atoms with Gasteiger partial charge in [0.1, 0.15) is 5.82 Å². The summed E-state index contributed by atoms with van der Waals surface area (Å²) in [6.07, 6.45) is 5.35. The quantitative estimate of drug-likeness (QED) is 0.518. The van der Waals surface area contributed by atoms with E-state index in [1.165, 1.54) is 12.8 Å². The number of nitrogens with one attached hydrogen (secondary N) is 2. The minimum absolute atomic E-state index is 0.0497. The Kier molecular flexibility index (Phi) is 7.50. The Morgan fingerprint density at radius 3 is 2.55 bits per heavy atom. The molecule has 1 aliphatic carbocycles. The molecule has 1 spiro atoms. The minimum Gasteiger partial charge on any atom is -0.375 e. The van der Waals surface area contributed by atoms with Crippen molar-refractivity contribution in [3.8, 4) is 0 Å². The first-order chi connectivity index (χ1) is 18.2. The van der Waals surface area contributed by atoms with Gasteiger partial charge in [0.05, 0.1) is 35.4 Å². The molecule has 3 fully saturated rings. The topological polar surface area (TPSA) is 117 Å². The van der Waals surface area contributed by atoms with Crippen molar-refractivity contribution in [2.75, 3.05) is 58.4 Å². The predicted octanol–water partition coefficient (Wildman–Crippen LogP) is 3.79. The maximum Gasteiger partial charge on any atom is 0.258 e. The molecule has 0 radical (unpaired) electrons. The van der Waals surface area contributed by atoms with E-state index in [9.17, 15) is 13.2 Å². The van der Waals surface area contributed by atoms with E-state index in [0.29, 0.717) is 54.5 Å². The van der Waals surface area contributed by atoms with Crippen molar-refractivity contribution in [1.82, 2.24) is 9.97 Å². The van der Waals surface area contributed by atoms with E-state index < -0.39 is 10.0 Å².